The van der Waals surface area contributed by atoms with Gasteiger partial charge in [0.2, 0.25) is 5.69 Å². The summed E-state index contributed by atoms with van der Waals surface area (Å²) in [4.78, 5) is 0. The van der Waals surface area contributed by atoms with Crippen LogP contribution in [0.5, 0.6) is 0 Å². The standard InChI is InChI=1S/C29H28NO/c1-18(2)25-16-26(30(5)17-20(25)4)27-19(3)14-15-24-23-13-9-12-22(28(23)31-29(24)27)21-10-7-6-8-11-21/h6-18H,1-5H3/q+1. The summed E-state index contributed by atoms with van der Waals surface area (Å²) < 4.78 is 8.91. The van der Waals surface area contributed by atoms with Gasteiger partial charge in [0.25, 0.3) is 0 Å². The predicted octanol–water partition coefficient (Wildman–Crippen LogP) is 7.48. The molecular formula is C29H28NO+. The molecule has 31 heavy (non-hydrogen) atoms. The lowest BCUT2D eigenvalue weighted by Gasteiger charge is -2.12. The fraction of sp³-hybridized carbons (Fsp3) is 0.207. The van der Waals surface area contributed by atoms with Gasteiger partial charge < -0.3 is 4.42 Å². The number of hydrogen-bond donors (Lipinski definition) is 0. The molecule has 0 saturated carbocycles. The Kier molecular flexibility index (Phi) is 4.66. The van der Waals surface area contributed by atoms with Crippen molar-refractivity contribution in [1.29, 1.82) is 0 Å². The zero-order chi connectivity index (χ0) is 21.7. The minimum Gasteiger partial charge on any atom is -0.454 e. The predicted molar refractivity (Wildman–Crippen MR) is 129 cm³/mol. The first-order valence-corrected chi connectivity index (χ1v) is 11.0. The third-order valence-corrected chi connectivity index (χ3v) is 6.35. The summed E-state index contributed by atoms with van der Waals surface area (Å²) in [6.07, 6.45) is 2.24. The van der Waals surface area contributed by atoms with Crippen LogP contribution in [0.15, 0.2) is 77.3 Å². The van der Waals surface area contributed by atoms with Crippen LogP contribution in [0.3, 0.4) is 0 Å². The number of aromatic nitrogens is 1. The largest absolute Gasteiger partial charge is 0.454 e. The van der Waals surface area contributed by atoms with Crippen molar-refractivity contribution < 1.29 is 8.98 Å². The van der Waals surface area contributed by atoms with Crippen LogP contribution in [0.4, 0.5) is 0 Å². The molecule has 0 bridgehead atoms. The van der Waals surface area contributed by atoms with Crippen LogP contribution >= 0.6 is 0 Å². The molecular weight excluding hydrogens is 378 g/mol. The third-order valence-electron chi connectivity index (χ3n) is 6.35. The van der Waals surface area contributed by atoms with Crippen LogP contribution in [0.25, 0.3) is 44.3 Å². The number of hydrogen-bond acceptors (Lipinski definition) is 1. The second-order valence-electron chi connectivity index (χ2n) is 8.85. The van der Waals surface area contributed by atoms with E-state index in [1.54, 1.807) is 0 Å². The molecule has 0 radical (unpaired) electrons. The Balaban J connectivity index is 1.85. The van der Waals surface area contributed by atoms with Gasteiger partial charge in [0.1, 0.15) is 18.2 Å². The van der Waals surface area contributed by atoms with E-state index in [2.05, 4.69) is 106 Å². The number of fused-ring (bicyclic) bond motifs is 3. The molecule has 2 heteroatoms. The van der Waals surface area contributed by atoms with E-state index < -0.39 is 0 Å². The average Bonchev–Trinajstić information content (AvgIpc) is 3.13. The number of furan rings is 1. The molecule has 0 atom stereocenters. The highest BCUT2D eigenvalue weighted by Gasteiger charge is 2.23. The molecule has 0 amide bonds. The Bertz CT molecular complexity index is 1420. The van der Waals surface area contributed by atoms with Crippen LogP contribution in [0.1, 0.15) is 36.5 Å². The second kappa shape index (κ2) is 7.39. The molecule has 0 aliphatic rings. The Morgan fingerprint density at radius 3 is 2.26 bits per heavy atom. The summed E-state index contributed by atoms with van der Waals surface area (Å²) in [5.74, 6) is 0.472. The molecule has 0 unspecified atom stereocenters. The number of nitrogens with zero attached hydrogens (tertiary/aromatic N) is 1. The van der Waals surface area contributed by atoms with Gasteiger partial charge in [-0.05, 0) is 36.5 Å². The first-order valence-electron chi connectivity index (χ1n) is 11.0. The molecule has 0 N–H and O–H groups in total. The highest BCUT2D eigenvalue weighted by Crippen LogP contribution is 2.40. The normalized spacial score (nSPS) is 11.7. The highest BCUT2D eigenvalue weighted by molar-refractivity contribution is 6.13. The molecule has 0 aliphatic carbocycles. The van der Waals surface area contributed by atoms with E-state index in [4.69, 9.17) is 4.42 Å². The van der Waals surface area contributed by atoms with Gasteiger partial charge in [0, 0.05) is 28.0 Å². The molecule has 2 aromatic heterocycles. The molecule has 5 rings (SSSR count). The van der Waals surface area contributed by atoms with Crippen molar-refractivity contribution in [1.82, 2.24) is 0 Å². The van der Waals surface area contributed by atoms with Crippen LogP contribution in [0.2, 0.25) is 0 Å². The summed E-state index contributed by atoms with van der Waals surface area (Å²) in [5.41, 5.74) is 10.5. The first-order chi connectivity index (χ1) is 15.0. The maximum atomic E-state index is 6.68. The van der Waals surface area contributed by atoms with Gasteiger partial charge in [0.05, 0.1) is 5.56 Å². The van der Waals surface area contributed by atoms with Gasteiger partial charge in [-0.25, -0.2) is 4.57 Å². The quantitative estimate of drug-likeness (QED) is 0.284. The van der Waals surface area contributed by atoms with Crippen molar-refractivity contribution in [3.05, 3.63) is 89.6 Å². The van der Waals surface area contributed by atoms with Crippen LogP contribution in [-0.2, 0) is 7.05 Å². The minimum absolute atomic E-state index is 0.472. The van der Waals surface area contributed by atoms with E-state index in [-0.39, 0.29) is 0 Å². The van der Waals surface area contributed by atoms with Gasteiger partial charge in [-0.3, -0.25) is 0 Å². The van der Waals surface area contributed by atoms with E-state index in [1.807, 2.05) is 6.07 Å². The van der Waals surface area contributed by atoms with Gasteiger partial charge in [-0.1, -0.05) is 74.5 Å². The Hall–Kier alpha value is -3.39. The zero-order valence-electron chi connectivity index (χ0n) is 18.9. The molecule has 2 heterocycles. The fourth-order valence-electron chi connectivity index (χ4n) is 4.79. The van der Waals surface area contributed by atoms with Crippen molar-refractivity contribution in [3.63, 3.8) is 0 Å². The molecule has 0 spiro atoms. The van der Waals surface area contributed by atoms with Gasteiger partial charge in [-0.2, -0.15) is 0 Å². The summed E-state index contributed by atoms with van der Waals surface area (Å²) in [6.45, 7) is 8.88. The van der Waals surface area contributed by atoms with Crippen molar-refractivity contribution in [3.8, 4) is 22.4 Å². The summed E-state index contributed by atoms with van der Waals surface area (Å²) in [6, 6.07) is 23.7. The lowest BCUT2D eigenvalue weighted by atomic mass is 9.94. The number of aryl methyl sites for hydroxylation is 3. The first kappa shape index (κ1) is 19.6. The summed E-state index contributed by atoms with van der Waals surface area (Å²) >= 11 is 0. The van der Waals surface area contributed by atoms with E-state index >= 15 is 0 Å². The number of benzene rings is 3. The molecule has 3 aromatic carbocycles. The molecule has 0 aliphatic heterocycles. The maximum Gasteiger partial charge on any atom is 0.216 e. The third kappa shape index (κ3) is 3.14. The fourth-order valence-corrected chi connectivity index (χ4v) is 4.79. The van der Waals surface area contributed by atoms with E-state index in [0.29, 0.717) is 5.92 Å². The van der Waals surface area contributed by atoms with Crippen molar-refractivity contribution in [2.45, 2.75) is 33.6 Å². The number of para-hydroxylation sites is 1. The van der Waals surface area contributed by atoms with Crippen molar-refractivity contribution >= 4 is 21.9 Å². The number of pyridine rings is 1. The summed E-state index contributed by atoms with van der Waals surface area (Å²) in [5, 5.41) is 2.33. The SMILES string of the molecule is Cc1c[n+](C)c(-c2c(C)ccc3c2oc2c(-c4ccccc4)cccc23)cc1C(C)C. The van der Waals surface area contributed by atoms with Crippen LogP contribution in [-0.4, -0.2) is 0 Å². The van der Waals surface area contributed by atoms with Gasteiger partial charge >= 0.3 is 0 Å². The molecule has 5 aromatic rings. The monoisotopic (exact) mass is 406 g/mol. The van der Waals surface area contributed by atoms with Crippen molar-refractivity contribution in [2.75, 3.05) is 0 Å². The Morgan fingerprint density at radius 2 is 1.52 bits per heavy atom. The van der Waals surface area contributed by atoms with Crippen LogP contribution < -0.4 is 4.57 Å². The molecule has 0 fully saturated rings. The van der Waals surface area contributed by atoms with Crippen molar-refractivity contribution in [2.24, 2.45) is 7.05 Å². The van der Waals surface area contributed by atoms with E-state index in [9.17, 15) is 0 Å². The van der Waals surface area contributed by atoms with E-state index in [0.717, 1.165) is 22.1 Å². The molecule has 154 valence electrons. The maximum absolute atomic E-state index is 6.68. The number of rotatable bonds is 3. The molecule has 0 saturated heterocycles. The van der Waals surface area contributed by atoms with Crippen LogP contribution in [0, 0.1) is 13.8 Å². The smallest absolute Gasteiger partial charge is 0.216 e. The Labute approximate surface area is 183 Å². The topological polar surface area (TPSA) is 17.0 Å². The summed E-state index contributed by atoms with van der Waals surface area (Å²) in [7, 11) is 2.13. The van der Waals surface area contributed by atoms with Gasteiger partial charge in [-0.15, -0.1) is 0 Å². The Morgan fingerprint density at radius 1 is 0.774 bits per heavy atom. The lowest BCUT2D eigenvalue weighted by Crippen LogP contribution is -2.32. The second-order valence-corrected chi connectivity index (χ2v) is 8.85. The molecule has 2 nitrogen and oxygen atoms in total. The zero-order valence-corrected chi connectivity index (χ0v) is 18.9. The minimum atomic E-state index is 0.472. The lowest BCUT2D eigenvalue weighted by molar-refractivity contribution is -0.660. The highest BCUT2D eigenvalue weighted by atomic mass is 16.3. The van der Waals surface area contributed by atoms with Gasteiger partial charge in [0.15, 0.2) is 6.20 Å². The average molecular weight is 407 g/mol. The van der Waals surface area contributed by atoms with E-state index in [1.165, 1.54) is 38.9 Å².